The highest BCUT2D eigenvalue weighted by Gasteiger charge is 2.26. The highest BCUT2D eigenvalue weighted by atomic mass is 16.1. The van der Waals surface area contributed by atoms with Gasteiger partial charge in [-0.05, 0) is 70.3 Å². The third-order valence-electron chi connectivity index (χ3n) is 5.75. The number of aryl methyl sites for hydroxylation is 3. The molecule has 144 valence electrons. The predicted octanol–water partition coefficient (Wildman–Crippen LogP) is 4.70. The van der Waals surface area contributed by atoms with E-state index in [0.29, 0.717) is 0 Å². The number of hydrogen-bond acceptors (Lipinski definition) is 2. The van der Waals surface area contributed by atoms with E-state index in [2.05, 4.69) is 80.4 Å². The van der Waals surface area contributed by atoms with Gasteiger partial charge in [-0.25, -0.2) is 0 Å². The molecule has 2 aromatic rings. The van der Waals surface area contributed by atoms with Crippen molar-refractivity contribution in [1.29, 1.82) is 0 Å². The van der Waals surface area contributed by atoms with Crippen molar-refractivity contribution in [3.8, 4) is 0 Å². The molecule has 0 unspecified atom stereocenters. The topological polar surface area (TPSA) is 32.3 Å². The second-order valence-corrected chi connectivity index (χ2v) is 8.13. The van der Waals surface area contributed by atoms with Gasteiger partial charge in [-0.3, -0.25) is 9.69 Å². The average Bonchev–Trinajstić information content (AvgIpc) is 2.66. The number of carbonyl (C=O) groups excluding carboxylic acids is 1. The van der Waals surface area contributed by atoms with Crippen molar-refractivity contribution in [2.75, 3.05) is 13.1 Å². The van der Waals surface area contributed by atoms with Crippen LogP contribution < -0.4 is 5.32 Å². The van der Waals surface area contributed by atoms with Crippen molar-refractivity contribution in [2.45, 2.75) is 53.1 Å². The highest BCUT2D eigenvalue weighted by molar-refractivity contribution is 5.79. The Labute approximate surface area is 163 Å². The first-order valence-electron chi connectivity index (χ1n) is 10.1. The Hall–Kier alpha value is -2.13. The van der Waals surface area contributed by atoms with Gasteiger partial charge in [0, 0.05) is 12.5 Å². The van der Waals surface area contributed by atoms with Crippen LogP contribution >= 0.6 is 0 Å². The molecule has 3 heteroatoms. The summed E-state index contributed by atoms with van der Waals surface area (Å²) in [6.07, 6.45) is 1.88. The molecule has 1 amide bonds. The van der Waals surface area contributed by atoms with Crippen LogP contribution in [0.15, 0.2) is 42.5 Å². The SMILES string of the molecule is Cc1ccc(CN2CCC(C(=O)N[C@H](C)c3cc(C)ccc3C)CC2)cc1. The van der Waals surface area contributed by atoms with Crippen molar-refractivity contribution in [2.24, 2.45) is 5.92 Å². The molecule has 0 aliphatic carbocycles. The van der Waals surface area contributed by atoms with Crippen LogP contribution in [0.4, 0.5) is 0 Å². The van der Waals surface area contributed by atoms with Gasteiger partial charge in [0.05, 0.1) is 6.04 Å². The third-order valence-corrected chi connectivity index (χ3v) is 5.75. The largest absolute Gasteiger partial charge is 0.349 e. The molecule has 3 rings (SSSR count). The minimum absolute atomic E-state index is 0.0583. The van der Waals surface area contributed by atoms with Crippen LogP contribution in [0, 0.1) is 26.7 Å². The summed E-state index contributed by atoms with van der Waals surface area (Å²) in [5.74, 6) is 0.338. The van der Waals surface area contributed by atoms with Gasteiger partial charge in [0.25, 0.3) is 0 Å². The molecule has 0 radical (unpaired) electrons. The van der Waals surface area contributed by atoms with Crippen molar-refractivity contribution >= 4 is 5.91 Å². The van der Waals surface area contributed by atoms with E-state index in [1.165, 1.54) is 27.8 Å². The van der Waals surface area contributed by atoms with Crippen molar-refractivity contribution < 1.29 is 4.79 Å². The number of likely N-dealkylation sites (tertiary alicyclic amines) is 1. The number of piperidine rings is 1. The van der Waals surface area contributed by atoms with Crippen molar-refractivity contribution in [3.63, 3.8) is 0 Å². The van der Waals surface area contributed by atoms with E-state index < -0.39 is 0 Å². The number of rotatable bonds is 5. The molecular weight excluding hydrogens is 332 g/mol. The quantitative estimate of drug-likeness (QED) is 0.834. The van der Waals surface area contributed by atoms with E-state index in [9.17, 15) is 4.79 Å². The first-order chi connectivity index (χ1) is 12.9. The lowest BCUT2D eigenvalue weighted by atomic mass is 9.94. The van der Waals surface area contributed by atoms with E-state index in [0.717, 1.165) is 32.5 Å². The molecule has 1 aliphatic rings. The summed E-state index contributed by atoms with van der Waals surface area (Å²) in [6, 6.07) is 15.3. The number of nitrogens with one attached hydrogen (secondary N) is 1. The number of amides is 1. The minimum atomic E-state index is 0.0583. The van der Waals surface area contributed by atoms with Gasteiger partial charge in [-0.2, -0.15) is 0 Å². The number of benzene rings is 2. The minimum Gasteiger partial charge on any atom is -0.349 e. The molecule has 1 N–H and O–H groups in total. The lowest BCUT2D eigenvalue weighted by Crippen LogP contribution is -2.41. The summed E-state index contributed by atoms with van der Waals surface area (Å²) >= 11 is 0. The van der Waals surface area contributed by atoms with E-state index in [4.69, 9.17) is 0 Å². The summed E-state index contributed by atoms with van der Waals surface area (Å²) in [4.78, 5) is 15.2. The van der Waals surface area contributed by atoms with E-state index in [1.54, 1.807) is 0 Å². The van der Waals surface area contributed by atoms with E-state index in [1.807, 2.05) is 0 Å². The molecule has 0 saturated carbocycles. The fourth-order valence-electron chi connectivity index (χ4n) is 3.94. The maximum Gasteiger partial charge on any atom is 0.223 e. The maximum absolute atomic E-state index is 12.8. The van der Waals surface area contributed by atoms with Gasteiger partial charge in [0.15, 0.2) is 0 Å². The highest BCUT2D eigenvalue weighted by Crippen LogP contribution is 2.23. The number of nitrogens with zero attached hydrogens (tertiary/aromatic N) is 1. The second kappa shape index (κ2) is 8.71. The maximum atomic E-state index is 12.8. The standard InChI is InChI=1S/C24H32N2O/c1-17-6-9-21(10-7-17)16-26-13-11-22(12-14-26)24(27)25-20(4)23-15-18(2)5-8-19(23)3/h5-10,15,20,22H,11-14,16H2,1-4H3,(H,25,27)/t20-/m1/s1. The van der Waals surface area contributed by atoms with Gasteiger partial charge in [-0.1, -0.05) is 53.6 Å². The molecule has 1 heterocycles. The molecule has 3 nitrogen and oxygen atoms in total. The van der Waals surface area contributed by atoms with E-state index in [-0.39, 0.29) is 17.9 Å². The van der Waals surface area contributed by atoms with Crippen LogP contribution in [0.3, 0.4) is 0 Å². The Morgan fingerprint density at radius 1 is 1.04 bits per heavy atom. The molecule has 1 atom stereocenters. The smallest absolute Gasteiger partial charge is 0.223 e. The third kappa shape index (κ3) is 5.20. The molecular formula is C24H32N2O. The Morgan fingerprint density at radius 3 is 2.33 bits per heavy atom. The first-order valence-corrected chi connectivity index (χ1v) is 10.1. The first kappa shape index (κ1) is 19.6. The van der Waals surface area contributed by atoms with Crippen LogP contribution in [0.2, 0.25) is 0 Å². The molecule has 27 heavy (non-hydrogen) atoms. The summed E-state index contributed by atoms with van der Waals surface area (Å²) in [6.45, 7) is 11.4. The fourth-order valence-corrected chi connectivity index (χ4v) is 3.94. The van der Waals surface area contributed by atoms with Crippen LogP contribution in [-0.4, -0.2) is 23.9 Å². The monoisotopic (exact) mass is 364 g/mol. The average molecular weight is 365 g/mol. The zero-order valence-corrected chi connectivity index (χ0v) is 17.1. The summed E-state index contributed by atoms with van der Waals surface area (Å²) < 4.78 is 0. The Morgan fingerprint density at radius 2 is 1.67 bits per heavy atom. The number of hydrogen-bond donors (Lipinski definition) is 1. The molecule has 2 aromatic carbocycles. The summed E-state index contributed by atoms with van der Waals surface area (Å²) in [7, 11) is 0. The molecule has 0 spiro atoms. The summed E-state index contributed by atoms with van der Waals surface area (Å²) in [5.41, 5.74) is 6.35. The van der Waals surface area contributed by atoms with Gasteiger partial charge in [0.1, 0.15) is 0 Å². The molecule has 1 aliphatic heterocycles. The fraction of sp³-hybridized carbons (Fsp3) is 0.458. The normalized spacial score (nSPS) is 16.9. The zero-order valence-electron chi connectivity index (χ0n) is 17.1. The lowest BCUT2D eigenvalue weighted by molar-refractivity contribution is -0.127. The Balaban J connectivity index is 1.50. The molecule has 1 fully saturated rings. The van der Waals surface area contributed by atoms with Crippen molar-refractivity contribution in [3.05, 3.63) is 70.3 Å². The van der Waals surface area contributed by atoms with Crippen LogP contribution in [-0.2, 0) is 11.3 Å². The Kier molecular flexibility index (Phi) is 6.33. The van der Waals surface area contributed by atoms with Gasteiger partial charge < -0.3 is 5.32 Å². The van der Waals surface area contributed by atoms with Crippen LogP contribution in [0.5, 0.6) is 0 Å². The van der Waals surface area contributed by atoms with Gasteiger partial charge in [0.2, 0.25) is 5.91 Å². The number of carbonyl (C=O) groups is 1. The van der Waals surface area contributed by atoms with Crippen LogP contribution in [0.25, 0.3) is 0 Å². The molecule has 1 saturated heterocycles. The van der Waals surface area contributed by atoms with Gasteiger partial charge in [-0.15, -0.1) is 0 Å². The van der Waals surface area contributed by atoms with E-state index >= 15 is 0 Å². The predicted molar refractivity (Wildman–Crippen MR) is 112 cm³/mol. The molecule has 0 bridgehead atoms. The summed E-state index contributed by atoms with van der Waals surface area (Å²) in [5, 5.41) is 3.25. The zero-order chi connectivity index (χ0) is 19.4. The molecule has 0 aromatic heterocycles. The lowest BCUT2D eigenvalue weighted by Gasteiger charge is -2.32. The van der Waals surface area contributed by atoms with Crippen molar-refractivity contribution in [1.82, 2.24) is 10.2 Å². The second-order valence-electron chi connectivity index (χ2n) is 8.13. The van der Waals surface area contributed by atoms with Crippen LogP contribution in [0.1, 0.15) is 53.6 Å². The Bertz CT molecular complexity index is 773. The van der Waals surface area contributed by atoms with Gasteiger partial charge >= 0.3 is 0 Å².